The van der Waals surface area contributed by atoms with Crippen LogP contribution in [-0.4, -0.2) is 11.5 Å². The molecular formula is C13H15BrN2O. The smallest absolute Gasteiger partial charge is 0.125 e. The SMILES string of the molecule is CCCNC(c1cncc(Br)c1)c1ccco1. The molecule has 0 spiro atoms. The molecule has 1 unspecified atom stereocenters. The molecule has 2 aromatic rings. The summed E-state index contributed by atoms with van der Waals surface area (Å²) in [7, 11) is 0. The van der Waals surface area contributed by atoms with Gasteiger partial charge >= 0.3 is 0 Å². The van der Waals surface area contributed by atoms with Crippen molar-refractivity contribution in [1.29, 1.82) is 0 Å². The van der Waals surface area contributed by atoms with E-state index in [4.69, 9.17) is 4.42 Å². The lowest BCUT2D eigenvalue weighted by Crippen LogP contribution is -2.22. The summed E-state index contributed by atoms with van der Waals surface area (Å²) in [4.78, 5) is 4.19. The van der Waals surface area contributed by atoms with Crippen LogP contribution in [0.4, 0.5) is 0 Å². The van der Waals surface area contributed by atoms with Gasteiger partial charge in [0.25, 0.3) is 0 Å². The maximum absolute atomic E-state index is 5.48. The van der Waals surface area contributed by atoms with Gasteiger partial charge in [0.1, 0.15) is 5.76 Å². The van der Waals surface area contributed by atoms with E-state index in [-0.39, 0.29) is 6.04 Å². The molecule has 0 bridgehead atoms. The van der Waals surface area contributed by atoms with Crippen LogP contribution in [0.2, 0.25) is 0 Å². The minimum Gasteiger partial charge on any atom is -0.467 e. The first-order valence-corrected chi connectivity index (χ1v) is 6.47. The normalized spacial score (nSPS) is 12.6. The van der Waals surface area contributed by atoms with Crippen molar-refractivity contribution >= 4 is 15.9 Å². The van der Waals surface area contributed by atoms with Crippen LogP contribution in [0.25, 0.3) is 0 Å². The molecule has 0 saturated carbocycles. The van der Waals surface area contributed by atoms with Crippen molar-refractivity contribution in [1.82, 2.24) is 10.3 Å². The first-order chi connectivity index (χ1) is 8.31. The van der Waals surface area contributed by atoms with Gasteiger partial charge < -0.3 is 9.73 Å². The number of hydrogen-bond acceptors (Lipinski definition) is 3. The number of hydrogen-bond donors (Lipinski definition) is 1. The van der Waals surface area contributed by atoms with Gasteiger partial charge in [-0.25, -0.2) is 0 Å². The Morgan fingerprint density at radius 1 is 1.47 bits per heavy atom. The summed E-state index contributed by atoms with van der Waals surface area (Å²) >= 11 is 3.44. The lowest BCUT2D eigenvalue weighted by atomic mass is 10.1. The van der Waals surface area contributed by atoms with E-state index in [1.54, 1.807) is 12.5 Å². The molecule has 0 saturated heterocycles. The number of nitrogens with one attached hydrogen (secondary N) is 1. The molecule has 1 atom stereocenters. The Kier molecular flexibility index (Phi) is 4.34. The average Bonchev–Trinajstić information content (AvgIpc) is 2.83. The highest BCUT2D eigenvalue weighted by Gasteiger charge is 2.16. The first kappa shape index (κ1) is 12.3. The molecule has 2 aromatic heterocycles. The van der Waals surface area contributed by atoms with Gasteiger partial charge in [-0.05, 0) is 52.7 Å². The second kappa shape index (κ2) is 5.98. The first-order valence-electron chi connectivity index (χ1n) is 5.68. The van der Waals surface area contributed by atoms with Crippen molar-refractivity contribution in [3.8, 4) is 0 Å². The van der Waals surface area contributed by atoms with E-state index in [2.05, 4.69) is 39.2 Å². The summed E-state index contributed by atoms with van der Waals surface area (Å²) in [6.07, 6.45) is 6.42. The van der Waals surface area contributed by atoms with Gasteiger partial charge in [-0.15, -0.1) is 0 Å². The Morgan fingerprint density at radius 3 is 3.00 bits per heavy atom. The van der Waals surface area contributed by atoms with E-state index in [1.807, 2.05) is 18.3 Å². The van der Waals surface area contributed by atoms with Crippen molar-refractivity contribution in [3.05, 3.63) is 52.7 Å². The monoisotopic (exact) mass is 294 g/mol. The topological polar surface area (TPSA) is 38.1 Å². The molecule has 0 aliphatic rings. The Hall–Kier alpha value is -1.13. The van der Waals surface area contributed by atoms with E-state index in [0.717, 1.165) is 28.8 Å². The summed E-state index contributed by atoms with van der Waals surface area (Å²) < 4.78 is 6.46. The zero-order valence-corrected chi connectivity index (χ0v) is 11.3. The minimum absolute atomic E-state index is 0.0648. The number of aromatic nitrogens is 1. The molecule has 4 heteroatoms. The molecule has 0 fully saturated rings. The molecule has 90 valence electrons. The highest BCUT2D eigenvalue weighted by molar-refractivity contribution is 9.10. The summed E-state index contributed by atoms with van der Waals surface area (Å²) in [6.45, 7) is 3.09. The van der Waals surface area contributed by atoms with Gasteiger partial charge in [0.15, 0.2) is 0 Å². The van der Waals surface area contributed by atoms with Crippen molar-refractivity contribution in [2.45, 2.75) is 19.4 Å². The summed E-state index contributed by atoms with van der Waals surface area (Å²) in [5.41, 5.74) is 1.10. The summed E-state index contributed by atoms with van der Waals surface area (Å²) in [5.74, 6) is 0.915. The van der Waals surface area contributed by atoms with Gasteiger partial charge in [-0.1, -0.05) is 6.92 Å². The zero-order chi connectivity index (χ0) is 12.1. The fourth-order valence-electron chi connectivity index (χ4n) is 1.71. The summed E-state index contributed by atoms with van der Waals surface area (Å²) in [5, 5.41) is 3.46. The molecule has 2 rings (SSSR count). The highest BCUT2D eigenvalue weighted by atomic mass is 79.9. The molecule has 17 heavy (non-hydrogen) atoms. The third-order valence-electron chi connectivity index (χ3n) is 2.49. The van der Waals surface area contributed by atoms with Crippen molar-refractivity contribution in [2.24, 2.45) is 0 Å². The van der Waals surface area contributed by atoms with Crippen LogP contribution in [0.1, 0.15) is 30.7 Å². The number of rotatable bonds is 5. The number of pyridine rings is 1. The predicted octanol–water partition coefficient (Wildman–Crippen LogP) is 3.53. The van der Waals surface area contributed by atoms with Gasteiger partial charge in [0, 0.05) is 16.9 Å². The second-order valence-corrected chi connectivity index (χ2v) is 4.75. The maximum Gasteiger partial charge on any atom is 0.125 e. The highest BCUT2D eigenvalue weighted by Crippen LogP contribution is 2.23. The third-order valence-corrected chi connectivity index (χ3v) is 2.92. The Morgan fingerprint density at radius 2 is 2.35 bits per heavy atom. The summed E-state index contributed by atoms with van der Waals surface area (Å²) in [6, 6.07) is 6.01. The lowest BCUT2D eigenvalue weighted by molar-refractivity contribution is 0.446. The van der Waals surface area contributed by atoms with Crippen LogP contribution in [-0.2, 0) is 0 Å². The molecule has 2 heterocycles. The quantitative estimate of drug-likeness (QED) is 0.917. The van der Waals surface area contributed by atoms with Crippen molar-refractivity contribution in [3.63, 3.8) is 0 Å². The van der Waals surface area contributed by atoms with E-state index in [9.17, 15) is 0 Å². The average molecular weight is 295 g/mol. The minimum atomic E-state index is 0.0648. The molecule has 1 N–H and O–H groups in total. The van der Waals surface area contributed by atoms with E-state index >= 15 is 0 Å². The van der Waals surface area contributed by atoms with Crippen LogP contribution in [0.3, 0.4) is 0 Å². The van der Waals surface area contributed by atoms with Gasteiger partial charge in [0.2, 0.25) is 0 Å². The van der Waals surface area contributed by atoms with Gasteiger partial charge in [-0.3, -0.25) is 4.98 Å². The van der Waals surface area contributed by atoms with Gasteiger partial charge in [0.05, 0.1) is 12.3 Å². The zero-order valence-electron chi connectivity index (χ0n) is 9.69. The van der Waals surface area contributed by atoms with Crippen LogP contribution >= 0.6 is 15.9 Å². The fourth-order valence-corrected chi connectivity index (χ4v) is 2.10. The molecule has 0 aromatic carbocycles. The van der Waals surface area contributed by atoms with Crippen LogP contribution < -0.4 is 5.32 Å². The van der Waals surface area contributed by atoms with Crippen molar-refractivity contribution in [2.75, 3.05) is 6.54 Å². The van der Waals surface area contributed by atoms with Crippen LogP contribution in [0, 0.1) is 0 Å². The predicted molar refractivity (Wildman–Crippen MR) is 70.8 cm³/mol. The number of nitrogens with zero attached hydrogens (tertiary/aromatic N) is 1. The molecular weight excluding hydrogens is 280 g/mol. The van der Waals surface area contributed by atoms with Crippen molar-refractivity contribution < 1.29 is 4.42 Å². The fraction of sp³-hybridized carbons (Fsp3) is 0.308. The second-order valence-electron chi connectivity index (χ2n) is 3.84. The Bertz CT molecular complexity index is 456. The molecule has 3 nitrogen and oxygen atoms in total. The number of halogens is 1. The Balaban J connectivity index is 2.27. The largest absolute Gasteiger partial charge is 0.467 e. The van der Waals surface area contributed by atoms with E-state index in [0.29, 0.717) is 0 Å². The number of furan rings is 1. The van der Waals surface area contributed by atoms with Crippen LogP contribution in [0.5, 0.6) is 0 Å². The molecule has 0 aliphatic carbocycles. The van der Waals surface area contributed by atoms with E-state index in [1.165, 1.54) is 0 Å². The van der Waals surface area contributed by atoms with E-state index < -0.39 is 0 Å². The maximum atomic E-state index is 5.48. The Labute approximate surface area is 109 Å². The lowest BCUT2D eigenvalue weighted by Gasteiger charge is -2.16. The third kappa shape index (κ3) is 3.17. The molecule has 0 amide bonds. The van der Waals surface area contributed by atoms with Crippen LogP contribution in [0.15, 0.2) is 45.7 Å². The molecule has 0 aliphatic heterocycles. The van der Waals surface area contributed by atoms with Gasteiger partial charge in [-0.2, -0.15) is 0 Å². The standard InChI is InChI=1S/C13H15BrN2O/c1-2-5-16-13(12-4-3-6-17-12)10-7-11(14)9-15-8-10/h3-4,6-9,13,16H,2,5H2,1H3. The molecule has 0 radical (unpaired) electrons.